The Morgan fingerprint density at radius 3 is 2.20 bits per heavy atom. The zero-order valence-corrected chi connectivity index (χ0v) is 16.9. The van der Waals surface area contributed by atoms with Crippen LogP contribution in [0, 0.1) is 11.8 Å². The number of epoxide rings is 2. The van der Waals surface area contributed by atoms with Crippen molar-refractivity contribution in [3.8, 4) is 0 Å². The standard InChI is InChI=1S/C19H34O5Si/c1-4-25(20-2,21-3)24-15(14-7-10-17-19(12-14)23-17)8-5-13-6-9-16-18(11-13)22-16/h13-19H,4-12H2,1-3H3. The molecule has 144 valence electrons. The molecule has 0 radical (unpaired) electrons. The molecule has 7 unspecified atom stereocenters. The Morgan fingerprint density at radius 1 is 0.920 bits per heavy atom. The highest BCUT2D eigenvalue weighted by Gasteiger charge is 2.49. The van der Waals surface area contributed by atoms with Gasteiger partial charge in [0.05, 0.1) is 30.5 Å². The molecular weight excluding hydrogens is 336 g/mol. The van der Waals surface area contributed by atoms with Crippen LogP contribution in [0.4, 0.5) is 0 Å². The van der Waals surface area contributed by atoms with Crippen molar-refractivity contribution in [1.29, 1.82) is 0 Å². The van der Waals surface area contributed by atoms with Crippen LogP contribution in [-0.2, 0) is 22.8 Å². The lowest BCUT2D eigenvalue weighted by atomic mass is 9.80. The summed E-state index contributed by atoms with van der Waals surface area (Å²) in [6.45, 7) is 2.11. The van der Waals surface area contributed by atoms with E-state index in [9.17, 15) is 0 Å². The summed E-state index contributed by atoms with van der Waals surface area (Å²) in [5.74, 6) is 1.38. The van der Waals surface area contributed by atoms with Gasteiger partial charge in [0.1, 0.15) is 0 Å². The lowest BCUT2D eigenvalue weighted by Crippen LogP contribution is -2.48. The molecule has 2 aliphatic heterocycles. The van der Waals surface area contributed by atoms with Crippen molar-refractivity contribution in [2.45, 2.75) is 94.9 Å². The maximum Gasteiger partial charge on any atom is 0.500 e. The van der Waals surface area contributed by atoms with Crippen LogP contribution < -0.4 is 0 Å². The van der Waals surface area contributed by atoms with Crippen molar-refractivity contribution in [1.82, 2.24) is 0 Å². The molecule has 0 aromatic carbocycles. The fraction of sp³-hybridized carbons (Fsp3) is 1.00. The normalized spacial score (nSPS) is 40.9. The minimum Gasteiger partial charge on any atom is -0.377 e. The number of rotatable bonds is 9. The smallest absolute Gasteiger partial charge is 0.377 e. The molecule has 0 aromatic rings. The molecule has 6 heteroatoms. The number of ether oxygens (including phenoxy) is 2. The largest absolute Gasteiger partial charge is 0.500 e. The van der Waals surface area contributed by atoms with E-state index in [1.807, 2.05) is 0 Å². The third-order valence-electron chi connectivity index (χ3n) is 6.93. The third-order valence-corrected chi connectivity index (χ3v) is 9.70. The predicted octanol–water partition coefficient (Wildman–Crippen LogP) is 3.54. The number of hydrogen-bond donors (Lipinski definition) is 0. The highest BCUT2D eigenvalue weighted by molar-refractivity contribution is 6.60. The van der Waals surface area contributed by atoms with E-state index in [2.05, 4.69) is 6.92 Å². The summed E-state index contributed by atoms with van der Waals surface area (Å²) in [7, 11) is 0.948. The molecular formula is C19H34O5Si. The van der Waals surface area contributed by atoms with E-state index in [1.165, 1.54) is 38.5 Å². The molecule has 7 atom stereocenters. The Balaban J connectivity index is 1.37. The average Bonchev–Trinajstić information content (AvgIpc) is 3.55. The lowest BCUT2D eigenvalue weighted by molar-refractivity contribution is 0.0114. The van der Waals surface area contributed by atoms with Gasteiger partial charge in [-0.25, -0.2) is 0 Å². The fourth-order valence-electron chi connectivity index (χ4n) is 5.09. The molecule has 4 aliphatic rings. The second-order valence-corrected chi connectivity index (χ2v) is 11.5. The Labute approximate surface area is 153 Å². The summed E-state index contributed by atoms with van der Waals surface area (Å²) in [5, 5.41) is 0. The zero-order valence-electron chi connectivity index (χ0n) is 15.9. The molecule has 25 heavy (non-hydrogen) atoms. The first-order valence-electron chi connectivity index (χ1n) is 10.3. The molecule has 0 bridgehead atoms. The molecule has 4 fully saturated rings. The average molecular weight is 371 g/mol. The van der Waals surface area contributed by atoms with Crippen LogP contribution in [0.5, 0.6) is 0 Å². The van der Waals surface area contributed by atoms with E-state index in [-0.39, 0.29) is 6.10 Å². The maximum absolute atomic E-state index is 6.63. The highest BCUT2D eigenvalue weighted by Crippen LogP contribution is 2.44. The van der Waals surface area contributed by atoms with E-state index >= 15 is 0 Å². The molecule has 0 amide bonds. The van der Waals surface area contributed by atoms with Crippen LogP contribution in [0.1, 0.15) is 58.3 Å². The van der Waals surface area contributed by atoms with Crippen LogP contribution in [0.25, 0.3) is 0 Å². The van der Waals surface area contributed by atoms with Crippen molar-refractivity contribution in [2.24, 2.45) is 11.8 Å². The Morgan fingerprint density at radius 2 is 1.60 bits per heavy atom. The molecule has 2 aliphatic carbocycles. The second-order valence-electron chi connectivity index (χ2n) is 8.36. The quantitative estimate of drug-likeness (QED) is 0.459. The summed E-state index contributed by atoms with van der Waals surface area (Å²) in [6.07, 6.45) is 12.2. The molecule has 2 heterocycles. The van der Waals surface area contributed by atoms with Gasteiger partial charge in [-0.2, -0.15) is 0 Å². The van der Waals surface area contributed by atoms with Gasteiger partial charge >= 0.3 is 8.80 Å². The molecule has 0 N–H and O–H groups in total. The van der Waals surface area contributed by atoms with Crippen molar-refractivity contribution in [3.63, 3.8) is 0 Å². The highest BCUT2D eigenvalue weighted by atomic mass is 28.4. The minimum atomic E-state index is -2.53. The van der Waals surface area contributed by atoms with Gasteiger partial charge in [-0.05, 0) is 63.2 Å². The van der Waals surface area contributed by atoms with Gasteiger partial charge in [-0.15, -0.1) is 0 Å². The maximum atomic E-state index is 6.63. The predicted molar refractivity (Wildman–Crippen MR) is 96.4 cm³/mol. The summed E-state index contributed by atoms with van der Waals surface area (Å²) in [5.41, 5.74) is 0. The van der Waals surface area contributed by atoms with Crippen LogP contribution in [-0.4, -0.2) is 53.5 Å². The van der Waals surface area contributed by atoms with Crippen molar-refractivity contribution < 1.29 is 22.8 Å². The first-order chi connectivity index (χ1) is 12.2. The molecule has 0 aromatic heterocycles. The zero-order chi connectivity index (χ0) is 17.4. The van der Waals surface area contributed by atoms with Crippen LogP contribution >= 0.6 is 0 Å². The van der Waals surface area contributed by atoms with Gasteiger partial charge in [0, 0.05) is 20.3 Å². The molecule has 4 rings (SSSR count). The minimum absolute atomic E-state index is 0.245. The molecule has 5 nitrogen and oxygen atoms in total. The lowest BCUT2D eigenvalue weighted by Gasteiger charge is -2.36. The van der Waals surface area contributed by atoms with Gasteiger partial charge in [0.25, 0.3) is 0 Å². The number of hydrogen-bond acceptors (Lipinski definition) is 5. The fourth-order valence-corrected chi connectivity index (χ4v) is 6.97. The SMILES string of the molecule is CC[Si](OC)(OC)OC(CCC1CCC2OC2C1)C1CCC2OC2C1. The van der Waals surface area contributed by atoms with E-state index in [0.29, 0.717) is 30.3 Å². The van der Waals surface area contributed by atoms with Gasteiger partial charge in [-0.3, -0.25) is 0 Å². The molecule has 0 spiro atoms. The topological polar surface area (TPSA) is 52.8 Å². The second kappa shape index (κ2) is 7.56. The molecule has 2 saturated carbocycles. The Hall–Kier alpha value is 0.0169. The van der Waals surface area contributed by atoms with Crippen LogP contribution in [0.3, 0.4) is 0 Å². The summed E-state index contributed by atoms with van der Waals surface area (Å²) in [6, 6.07) is 0.826. The van der Waals surface area contributed by atoms with Gasteiger partial charge in [0.2, 0.25) is 0 Å². The van der Waals surface area contributed by atoms with Crippen LogP contribution in [0.2, 0.25) is 6.04 Å². The van der Waals surface area contributed by atoms with Gasteiger partial charge < -0.3 is 22.8 Å². The third kappa shape index (κ3) is 4.14. The van der Waals surface area contributed by atoms with Crippen molar-refractivity contribution >= 4 is 8.80 Å². The van der Waals surface area contributed by atoms with E-state index in [0.717, 1.165) is 24.8 Å². The first-order valence-corrected chi connectivity index (χ1v) is 12.2. The van der Waals surface area contributed by atoms with Gasteiger partial charge in [-0.1, -0.05) is 6.92 Å². The van der Waals surface area contributed by atoms with E-state index < -0.39 is 8.80 Å². The Bertz CT molecular complexity index is 449. The first kappa shape index (κ1) is 18.4. The summed E-state index contributed by atoms with van der Waals surface area (Å²) < 4.78 is 29.6. The van der Waals surface area contributed by atoms with E-state index in [1.54, 1.807) is 14.2 Å². The monoisotopic (exact) mass is 370 g/mol. The van der Waals surface area contributed by atoms with E-state index in [4.69, 9.17) is 22.8 Å². The Kier molecular flexibility index (Phi) is 5.56. The summed E-state index contributed by atoms with van der Waals surface area (Å²) in [4.78, 5) is 0. The van der Waals surface area contributed by atoms with Crippen LogP contribution in [0.15, 0.2) is 0 Å². The van der Waals surface area contributed by atoms with Crippen molar-refractivity contribution in [3.05, 3.63) is 0 Å². The molecule has 2 saturated heterocycles. The van der Waals surface area contributed by atoms with Crippen molar-refractivity contribution in [2.75, 3.05) is 14.2 Å². The summed E-state index contributed by atoms with van der Waals surface area (Å²) >= 11 is 0. The van der Waals surface area contributed by atoms with Gasteiger partial charge in [0.15, 0.2) is 0 Å². The number of fused-ring (bicyclic) bond motifs is 2.